The van der Waals surface area contributed by atoms with Gasteiger partial charge in [0.05, 0.1) is 6.54 Å². The molecule has 0 saturated heterocycles. The highest BCUT2D eigenvalue weighted by Gasteiger charge is 2.51. The van der Waals surface area contributed by atoms with Crippen LogP contribution >= 0.6 is 0 Å². The highest BCUT2D eigenvalue weighted by Crippen LogP contribution is 2.61. The average Bonchev–Trinajstić information content (AvgIpc) is 2.49. The summed E-state index contributed by atoms with van der Waals surface area (Å²) in [7, 11) is 0. The second-order valence-corrected chi connectivity index (χ2v) is 8.79. The quantitative estimate of drug-likeness (QED) is 0.633. The zero-order valence-electron chi connectivity index (χ0n) is 14.9. The molecular weight excluding hydrogens is 304 g/mol. The minimum absolute atomic E-state index is 0.0375. The number of carbonyl (C=O) groups is 2. The fourth-order valence-electron chi connectivity index (χ4n) is 5.76. The van der Waals surface area contributed by atoms with Crippen molar-refractivity contribution in [2.24, 2.45) is 29.1 Å². The number of hydrogen-bond donors (Lipinski definition) is 3. The first-order chi connectivity index (χ1) is 11.5. The van der Waals surface area contributed by atoms with Crippen LogP contribution in [0, 0.1) is 29.1 Å². The number of nitrogens with one attached hydrogen (secondary N) is 2. The van der Waals surface area contributed by atoms with E-state index in [0.717, 1.165) is 17.8 Å². The molecule has 4 rings (SSSR count). The summed E-state index contributed by atoms with van der Waals surface area (Å²) in [4.78, 5) is 24.2. The molecule has 0 radical (unpaired) electrons. The predicted molar refractivity (Wildman–Crippen MR) is 92.1 cm³/mol. The maximum atomic E-state index is 12.3. The molecule has 0 aromatic heterocycles. The molecule has 0 aromatic carbocycles. The second-order valence-electron chi connectivity index (χ2n) is 8.79. The van der Waals surface area contributed by atoms with E-state index in [2.05, 4.69) is 10.6 Å². The lowest BCUT2D eigenvalue weighted by molar-refractivity contribution is -0.131. The van der Waals surface area contributed by atoms with E-state index in [9.17, 15) is 9.59 Å². The Morgan fingerprint density at radius 2 is 1.62 bits per heavy atom. The van der Waals surface area contributed by atoms with Crippen LogP contribution in [0.5, 0.6) is 0 Å². The van der Waals surface area contributed by atoms with E-state index in [0.29, 0.717) is 19.4 Å². The number of amides is 2. The monoisotopic (exact) mass is 336 g/mol. The van der Waals surface area contributed by atoms with Gasteiger partial charge in [-0.1, -0.05) is 6.92 Å². The number of aliphatic hydroxyl groups excluding tert-OH is 1. The maximum Gasteiger partial charge on any atom is 0.239 e. The van der Waals surface area contributed by atoms with Crippen molar-refractivity contribution in [1.29, 1.82) is 0 Å². The van der Waals surface area contributed by atoms with Crippen molar-refractivity contribution in [3.8, 4) is 0 Å². The van der Waals surface area contributed by atoms with Gasteiger partial charge in [-0.25, -0.2) is 0 Å². The average molecular weight is 336 g/mol. The Balaban J connectivity index is 1.39. The van der Waals surface area contributed by atoms with Crippen LogP contribution in [-0.2, 0) is 9.59 Å². The van der Waals surface area contributed by atoms with Gasteiger partial charge >= 0.3 is 0 Å². The molecule has 24 heavy (non-hydrogen) atoms. The Kier molecular flexibility index (Phi) is 5.48. The molecule has 2 amide bonds. The van der Waals surface area contributed by atoms with Gasteiger partial charge in [-0.3, -0.25) is 9.59 Å². The SMILES string of the molecule is CC(CCO)CNC(=O)CNC(=O)CC12CC3CC(CC(C3)C1)C2. The van der Waals surface area contributed by atoms with Crippen LogP contribution in [0.4, 0.5) is 0 Å². The van der Waals surface area contributed by atoms with Crippen molar-refractivity contribution in [3.05, 3.63) is 0 Å². The third kappa shape index (κ3) is 4.29. The summed E-state index contributed by atoms with van der Waals surface area (Å²) in [6.45, 7) is 2.74. The number of rotatable bonds is 8. The van der Waals surface area contributed by atoms with Gasteiger partial charge in [0.25, 0.3) is 0 Å². The summed E-state index contributed by atoms with van der Waals surface area (Å²) in [6, 6.07) is 0. The summed E-state index contributed by atoms with van der Waals surface area (Å²) in [6.07, 6.45) is 9.09. The van der Waals surface area contributed by atoms with Gasteiger partial charge in [0, 0.05) is 19.6 Å². The molecule has 1 atom stereocenters. The van der Waals surface area contributed by atoms with Crippen molar-refractivity contribution >= 4 is 11.8 Å². The van der Waals surface area contributed by atoms with E-state index < -0.39 is 0 Å². The van der Waals surface area contributed by atoms with E-state index in [1.54, 1.807) is 0 Å². The van der Waals surface area contributed by atoms with Gasteiger partial charge in [-0.05, 0) is 74.0 Å². The molecule has 4 bridgehead atoms. The fraction of sp³-hybridized carbons (Fsp3) is 0.895. The fourth-order valence-corrected chi connectivity index (χ4v) is 5.76. The van der Waals surface area contributed by atoms with E-state index in [1.165, 1.54) is 38.5 Å². The zero-order valence-corrected chi connectivity index (χ0v) is 14.9. The first-order valence-corrected chi connectivity index (χ1v) is 9.62. The largest absolute Gasteiger partial charge is 0.396 e. The Morgan fingerprint density at radius 3 is 2.17 bits per heavy atom. The number of aliphatic hydroxyl groups is 1. The first-order valence-electron chi connectivity index (χ1n) is 9.62. The summed E-state index contributed by atoms with van der Waals surface area (Å²) in [5.41, 5.74) is 0.227. The van der Waals surface area contributed by atoms with Crippen LogP contribution < -0.4 is 10.6 Å². The molecule has 5 heteroatoms. The summed E-state index contributed by atoms with van der Waals surface area (Å²) >= 11 is 0. The standard InChI is InChI=1S/C19H32N2O3/c1-13(2-3-22)11-20-18(24)12-21-17(23)10-19-7-14-4-15(8-19)6-16(5-14)9-19/h13-16,22H,2-12H2,1H3,(H,20,24)(H,21,23). The molecule has 5 nitrogen and oxygen atoms in total. The zero-order chi connectivity index (χ0) is 17.2. The van der Waals surface area contributed by atoms with Gasteiger partial charge in [0.1, 0.15) is 0 Å². The lowest BCUT2D eigenvalue weighted by Gasteiger charge is -2.56. The van der Waals surface area contributed by atoms with E-state index in [1.807, 2.05) is 6.92 Å². The molecule has 0 spiro atoms. The molecular formula is C19H32N2O3. The van der Waals surface area contributed by atoms with Gasteiger partial charge in [0.15, 0.2) is 0 Å². The summed E-state index contributed by atoms with van der Waals surface area (Å²) < 4.78 is 0. The van der Waals surface area contributed by atoms with Gasteiger partial charge < -0.3 is 15.7 Å². The lowest BCUT2D eigenvalue weighted by atomic mass is 9.49. The number of hydrogen-bond acceptors (Lipinski definition) is 3. The molecule has 4 saturated carbocycles. The molecule has 4 aliphatic rings. The molecule has 136 valence electrons. The Hall–Kier alpha value is -1.10. The molecule has 1 unspecified atom stereocenters. The van der Waals surface area contributed by atoms with E-state index >= 15 is 0 Å². The highest BCUT2D eigenvalue weighted by molar-refractivity contribution is 5.84. The van der Waals surface area contributed by atoms with Crippen molar-refractivity contribution < 1.29 is 14.7 Å². The van der Waals surface area contributed by atoms with Gasteiger partial charge in [0.2, 0.25) is 11.8 Å². The van der Waals surface area contributed by atoms with Crippen LogP contribution in [-0.4, -0.2) is 36.6 Å². The Morgan fingerprint density at radius 1 is 1.04 bits per heavy atom. The van der Waals surface area contributed by atoms with Crippen molar-refractivity contribution in [1.82, 2.24) is 10.6 Å². The summed E-state index contributed by atoms with van der Waals surface area (Å²) in [5, 5.41) is 14.5. The van der Waals surface area contributed by atoms with Crippen molar-refractivity contribution in [2.45, 2.75) is 58.3 Å². The van der Waals surface area contributed by atoms with Crippen LogP contribution in [0.15, 0.2) is 0 Å². The smallest absolute Gasteiger partial charge is 0.239 e. The number of carbonyl (C=O) groups excluding carboxylic acids is 2. The first kappa shape index (κ1) is 17.7. The minimum Gasteiger partial charge on any atom is -0.396 e. The van der Waals surface area contributed by atoms with Crippen molar-refractivity contribution in [3.63, 3.8) is 0 Å². The van der Waals surface area contributed by atoms with Gasteiger partial charge in [-0.2, -0.15) is 0 Å². The van der Waals surface area contributed by atoms with E-state index in [-0.39, 0.29) is 36.3 Å². The van der Waals surface area contributed by atoms with E-state index in [4.69, 9.17) is 5.11 Å². The Labute approximate surface area is 145 Å². The topological polar surface area (TPSA) is 78.4 Å². The van der Waals surface area contributed by atoms with Crippen LogP contribution in [0.1, 0.15) is 58.3 Å². The lowest BCUT2D eigenvalue weighted by Crippen LogP contribution is -2.48. The second kappa shape index (κ2) is 7.42. The third-order valence-electron chi connectivity index (χ3n) is 6.42. The van der Waals surface area contributed by atoms with Gasteiger partial charge in [-0.15, -0.1) is 0 Å². The summed E-state index contributed by atoms with van der Waals surface area (Å²) in [5.74, 6) is 2.69. The molecule has 0 heterocycles. The predicted octanol–water partition coefficient (Wildman–Crippen LogP) is 1.84. The molecule has 4 fully saturated rings. The molecule has 0 aromatic rings. The van der Waals surface area contributed by atoms with Crippen LogP contribution in [0.25, 0.3) is 0 Å². The molecule has 0 aliphatic heterocycles. The molecule has 4 aliphatic carbocycles. The third-order valence-corrected chi connectivity index (χ3v) is 6.42. The maximum absolute atomic E-state index is 12.3. The van der Waals surface area contributed by atoms with Crippen molar-refractivity contribution in [2.75, 3.05) is 19.7 Å². The minimum atomic E-state index is -0.140. The van der Waals surface area contributed by atoms with Crippen LogP contribution in [0.2, 0.25) is 0 Å². The normalized spacial score (nSPS) is 34.8. The molecule has 3 N–H and O–H groups in total. The Bertz CT molecular complexity index is 442. The van der Waals surface area contributed by atoms with Crippen LogP contribution in [0.3, 0.4) is 0 Å². The highest BCUT2D eigenvalue weighted by atomic mass is 16.3.